The molecule has 2 atom stereocenters. The van der Waals surface area contributed by atoms with E-state index in [1.165, 1.54) is 5.56 Å². The monoisotopic (exact) mass is 254 g/mol. The molecular weight excluding hydrogens is 236 g/mol. The van der Waals surface area contributed by atoms with Crippen molar-refractivity contribution in [3.63, 3.8) is 0 Å². The van der Waals surface area contributed by atoms with Crippen LogP contribution < -0.4 is 5.32 Å². The zero-order valence-electron chi connectivity index (χ0n) is 11.0. The fourth-order valence-electron chi connectivity index (χ4n) is 2.59. The van der Waals surface area contributed by atoms with Crippen LogP contribution in [0.25, 0.3) is 0 Å². The molecular formula is C16H18N2O. The number of pyridine rings is 1. The number of fused-ring (bicyclic) bond motifs is 1. The van der Waals surface area contributed by atoms with E-state index in [-0.39, 0.29) is 6.04 Å². The van der Waals surface area contributed by atoms with Gasteiger partial charge in [-0.3, -0.25) is 4.98 Å². The second-order valence-electron chi connectivity index (χ2n) is 5.12. The van der Waals surface area contributed by atoms with Crippen molar-refractivity contribution in [3.05, 3.63) is 59.4 Å². The molecule has 0 amide bonds. The van der Waals surface area contributed by atoms with Crippen LogP contribution in [0.5, 0.6) is 0 Å². The predicted molar refractivity (Wildman–Crippen MR) is 76.1 cm³/mol. The number of aliphatic hydroxyl groups is 1. The summed E-state index contributed by atoms with van der Waals surface area (Å²) in [5.41, 5.74) is 4.31. The van der Waals surface area contributed by atoms with Crippen molar-refractivity contribution in [1.29, 1.82) is 0 Å². The molecule has 1 aliphatic rings. The number of rotatable bonds is 2. The van der Waals surface area contributed by atoms with E-state index in [0.717, 1.165) is 29.8 Å². The minimum absolute atomic E-state index is 0.0550. The van der Waals surface area contributed by atoms with Gasteiger partial charge in [-0.05, 0) is 37.5 Å². The van der Waals surface area contributed by atoms with Gasteiger partial charge in [-0.1, -0.05) is 24.3 Å². The zero-order valence-corrected chi connectivity index (χ0v) is 11.0. The number of nitrogens with one attached hydrogen (secondary N) is 1. The molecule has 2 aromatic rings. The molecule has 2 unspecified atom stereocenters. The summed E-state index contributed by atoms with van der Waals surface area (Å²) in [5.74, 6) is 0. The number of para-hydroxylation sites is 1. The number of hydrogen-bond donors (Lipinski definition) is 2. The summed E-state index contributed by atoms with van der Waals surface area (Å²) < 4.78 is 0. The molecule has 0 spiro atoms. The summed E-state index contributed by atoms with van der Waals surface area (Å²) >= 11 is 0. The quantitative estimate of drug-likeness (QED) is 0.866. The highest BCUT2D eigenvalue weighted by Crippen LogP contribution is 2.30. The van der Waals surface area contributed by atoms with Gasteiger partial charge in [-0.2, -0.15) is 0 Å². The van der Waals surface area contributed by atoms with Crippen LogP contribution in [0.15, 0.2) is 42.6 Å². The van der Waals surface area contributed by atoms with Crippen molar-refractivity contribution < 1.29 is 5.11 Å². The molecule has 0 fully saturated rings. The molecule has 2 heterocycles. The van der Waals surface area contributed by atoms with Gasteiger partial charge in [0.15, 0.2) is 0 Å². The van der Waals surface area contributed by atoms with Gasteiger partial charge in [-0.25, -0.2) is 0 Å². The number of anilines is 1. The van der Waals surface area contributed by atoms with Gasteiger partial charge in [0.25, 0.3) is 0 Å². The smallest absolute Gasteiger partial charge is 0.101 e. The first-order valence-electron chi connectivity index (χ1n) is 6.69. The molecule has 0 saturated carbocycles. The second-order valence-corrected chi connectivity index (χ2v) is 5.12. The van der Waals surface area contributed by atoms with Crippen molar-refractivity contribution >= 4 is 5.69 Å². The molecule has 0 bridgehead atoms. The van der Waals surface area contributed by atoms with Crippen LogP contribution >= 0.6 is 0 Å². The summed E-state index contributed by atoms with van der Waals surface area (Å²) in [4.78, 5) is 4.25. The largest absolute Gasteiger partial charge is 0.386 e. The van der Waals surface area contributed by atoms with E-state index in [1.807, 2.05) is 25.1 Å². The molecule has 3 rings (SSSR count). The first-order valence-corrected chi connectivity index (χ1v) is 6.69. The van der Waals surface area contributed by atoms with Gasteiger partial charge in [-0.15, -0.1) is 0 Å². The Bertz CT molecular complexity index is 565. The Morgan fingerprint density at radius 3 is 2.89 bits per heavy atom. The van der Waals surface area contributed by atoms with Gasteiger partial charge >= 0.3 is 0 Å². The summed E-state index contributed by atoms with van der Waals surface area (Å²) in [7, 11) is 0. The third-order valence-corrected chi connectivity index (χ3v) is 3.74. The average Bonchev–Trinajstić information content (AvgIpc) is 2.47. The van der Waals surface area contributed by atoms with Crippen LogP contribution in [0, 0.1) is 6.92 Å². The highest BCUT2D eigenvalue weighted by Gasteiger charge is 2.25. The maximum Gasteiger partial charge on any atom is 0.101 e. The normalized spacial score (nSPS) is 19.4. The number of aliphatic hydroxyl groups excluding tert-OH is 1. The van der Waals surface area contributed by atoms with Crippen LogP contribution in [0.2, 0.25) is 0 Å². The minimum atomic E-state index is -0.513. The van der Waals surface area contributed by atoms with E-state index in [2.05, 4.69) is 28.5 Å². The molecule has 1 aromatic carbocycles. The first kappa shape index (κ1) is 12.2. The lowest BCUT2D eigenvalue weighted by molar-refractivity contribution is 0.148. The van der Waals surface area contributed by atoms with Gasteiger partial charge < -0.3 is 10.4 Å². The van der Waals surface area contributed by atoms with Crippen LogP contribution in [-0.2, 0) is 6.42 Å². The number of hydrogen-bond acceptors (Lipinski definition) is 3. The second kappa shape index (κ2) is 5.02. The topological polar surface area (TPSA) is 45.1 Å². The predicted octanol–water partition coefficient (Wildman–Crippen LogP) is 2.85. The minimum Gasteiger partial charge on any atom is -0.386 e. The van der Waals surface area contributed by atoms with Crippen LogP contribution in [0.4, 0.5) is 5.69 Å². The van der Waals surface area contributed by atoms with Gasteiger partial charge in [0, 0.05) is 23.1 Å². The highest BCUT2D eigenvalue weighted by atomic mass is 16.3. The molecule has 2 N–H and O–H groups in total. The zero-order chi connectivity index (χ0) is 13.2. The van der Waals surface area contributed by atoms with Crippen LogP contribution in [-0.4, -0.2) is 16.1 Å². The van der Waals surface area contributed by atoms with Crippen molar-refractivity contribution in [2.75, 3.05) is 5.32 Å². The lowest BCUT2D eigenvalue weighted by atomic mass is 9.92. The van der Waals surface area contributed by atoms with Gasteiger partial charge in [0.1, 0.15) is 6.10 Å². The summed E-state index contributed by atoms with van der Waals surface area (Å²) in [6, 6.07) is 12.2. The van der Waals surface area contributed by atoms with Gasteiger partial charge in [0.05, 0.1) is 6.04 Å². The van der Waals surface area contributed by atoms with Gasteiger partial charge in [0.2, 0.25) is 0 Å². The fourth-order valence-corrected chi connectivity index (χ4v) is 2.59. The van der Waals surface area contributed by atoms with Crippen molar-refractivity contribution in [1.82, 2.24) is 4.98 Å². The van der Waals surface area contributed by atoms with Crippen LogP contribution in [0.3, 0.4) is 0 Å². The van der Waals surface area contributed by atoms with Crippen molar-refractivity contribution in [2.24, 2.45) is 0 Å². The average molecular weight is 254 g/mol. The van der Waals surface area contributed by atoms with E-state index in [9.17, 15) is 5.11 Å². The fraction of sp³-hybridized carbons (Fsp3) is 0.312. The molecule has 3 nitrogen and oxygen atoms in total. The lowest BCUT2D eigenvalue weighted by Crippen LogP contribution is -2.31. The van der Waals surface area contributed by atoms with E-state index < -0.39 is 6.10 Å². The molecule has 1 aromatic heterocycles. The number of aryl methyl sites for hydroxylation is 2. The van der Waals surface area contributed by atoms with E-state index >= 15 is 0 Å². The maximum atomic E-state index is 10.5. The highest BCUT2D eigenvalue weighted by molar-refractivity contribution is 5.54. The summed E-state index contributed by atoms with van der Waals surface area (Å²) in [6.07, 6.45) is 3.19. The number of aromatic nitrogens is 1. The Morgan fingerprint density at radius 1 is 1.26 bits per heavy atom. The number of benzene rings is 1. The third-order valence-electron chi connectivity index (χ3n) is 3.74. The Kier molecular flexibility index (Phi) is 3.22. The molecule has 98 valence electrons. The Balaban J connectivity index is 1.79. The maximum absolute atomic E-state index is 10.5. The van der Waals surface area contributed by atoms with E-state index in [0.29, 0.717) is 0 Å². The molecule has 0 radical (unpaired) electrons. The lowest BCUT2D eigenvalue weighted by Gasteiger charge is -2.30. The Labute approximate surface area is 113 Å². The summed E-state index contributed by atoms with van der Waals surface area (Å²) in [6.45, 7) is 1.95. The molecule has 3 heteroatoms. The molecule has 0 aliphatic carbocycles. The van der Waals surface area contributed by atoms with E-state index in [1.54, 1.807) is 6.20 Å². The molecule has 19 heavy (non-hydrogen) atoms. The van der Waals surface area contributed by atoms with E-state index in [4.69, 9.17) is 0 Å². The summed E-state index contributed by atoms with van der Waals surface area (Å²) in [5, 5.41) is 13.9. The van der Waals surface area contributed by atoms with Crippen molar-refractivity contribution in [3.8, 4) is 0 Å². The molecule has 1 aliphatic heterocycles. The van der Waals surface area contributed by atoms with Crippen LogP contribution in [0.1, 0.15) is 29.3 Å². The SMILES string of the molecule is Cc1ccc(C(O)C2CCc3ccccc3N2)cn1. The third kappa shape index (κ3) is 2.47. The Morgan fingerprint density at radius 2 is 2.11 bits per heavy atom. The molecule has 0 saturated heterocycles. The number of nitrogens with zero attached hydrogens (tertiary/aromatic N) is 1. The first-order chi connectivity index (χ1) is 9.24. The Hall–Kier alpha value is -1.87. The van der Waals surface area contributed by atoms with Crippen molar-refractivity contribution in [2.45, 2.75) is 31.9 Å². The standard InChI is InChI=1S/C16H18N2O/c1-11-6-7-13(10-17-11)16(19)15-9-8-12-4-2-3-5-14(12)18-15/h2-7,10,15-16,18-19H,8-9H2,1H3.